The number of oxime groups is 1. The van der Waals surface area contributed by atoms with Gasteiger partial charge in [0.2, 0.25) is 0 Å². The Morgan fingerprint density at radius 3 is 3.21 bits per heavy atom. The summed E-state index contributed by atoms with van der Waals surface area (Å²) in [6, 6.07) is 0. The number of thiazole rings is 1. The summed E-state index contributed by atoms with van der Waals surface area (Å²) in [4.78, 5) is 4.22. The quantitative estimate of drug-likeness (QED) is 0.625. The van der Waals surface area contributed by atoms with E-state index in [-0.39, 0.29) is 0 Å². The van der Waals surface area contributed by atoms with Gasteiger partial charge in [-0.2, -0.15) is 0 Å². The predicted octanol–water partition coefficient (Wildman–Crippen LogP) is 3.01. The van der Waals surface area contributed by atoms with E-state index in [4.69, 9.17) is 5.21 Å². The first-order valence-corrected chi connectivity index (χ1v) is 6.43. The normalized spacial score (nSPS) is 25.4. The molecular weight excluding hydrogens is 216 g/mol. The largest absolute Gasteiger partial charge is 0.411 e. The molecule has 1 aliphatic rings. The number of hydrogen-bond donors (Lipinski definition) is 1. The number of aromatic nitrogens is 1. The molecule has 0 unspecified atom stereocenters. The Hall–Kier alpha value is -0.550. The molecule has 2 rings (SSSR count). The Balaban J connectivity index is 2.02. The molecule has 1 aliphatic carbocycles. The lowest BCUT2D eigenvalue weighted by atomic mass is 9.98. The fourth-order valence-corrected chi connectivity index (χ4v) is 3.64. The summed E-state index contributed by atoms with van der Waals surface area (Å²) in [5.41, 5.74) is 0.927. The van der Waals surface area contributed by atoms with Crippen LogP contribution in [0.1, 0.15) is 25.7 Å². The third kappa shape index (κ3) is 2.27. The predicted molar refractivity (Wildman–Crippen MR) is 59.4 cm³/mol. The highest BCUT2D eigenvalue weighted by Crippen LogP contribution is 2.33. The lowest BCUT2D eigenvalue weighted by molar-refractivity contribution is 0.314. The molecule has 3 nitrogen and oxygen atoms in total. The number of nitrogens with zero attached hydrogens (tertiary/aromatic N) is 2. The van der Waals surface area contributed by atoms with Crippen LogP contribution in [-0.4, -0.2) is 21.2 Å². The minimum absolute atomic E-state index is 0.333. The highest BCUT2D eigenvalue weighted by molar-refractivity contribution is 8.02. The summed E-state index contributed by atoms with van der Waals surface area (Å²) >= 11 is 3.36. The molecule has 0 spiro atoms. The fraction of sp³-hybridized carbons (Fsp3) is 0.556. The van der Waals surface area contributed by atoms with Crippen molar-refractivity contribution in [2.45, 2.75) is 35.3 Å². The van der Waals surface area contributed by atoms with Gasteiger partial charge in [-0.25, -0.2) is 4.98 Å². The van der Waals surface area contributed by atoms with E-state index in [1.165, 1.54) is 6.42 Å². The average molecular weight is 228 g/mol. The van der Waals surface area contributed by atoms with Gasteiger partial charge in [0.25, 0.3) is 0 Å². The zero-order valence-electron chi connectivity index (χ0n) is 7.72. The van der Waals surface area contributed by atoms with Crippen LogP contribution in [0.5, 0.6) is 0 Å². The lowest BCUT2D eigenvalue weighted by Gasteiger charge is -2.20. The first-order chi connectivity index (χ1) is 6.90. The highest BCUT2D eigenvalue weighted by Gasteiger charge is 2.22. The van der Waals surface area contributed by atoms with Crippen molar-refractivity contribution >= 4 is 28.8 Å². The van der Waals surface area contributed by atoms with E-state index in [1.54, 1.807) is 23.1 Å². The third-order valence-corrected chi connectivity index (χ3v) is 4.54. The maximum atomic E-state index is 8.85. The van der Waals surface area contributed by atoms with Crippen molar-refractivity contribution in [3.05, 3.63) is 11.6 Å². The second-order valence-corrected chi connectivity index (χ2v) is 5.59. The monoisotopic (exact) mass is 228 g/mol. The number of rotatable bonds is 2. The summed E-state index contributed by atoms with van der Waals surface area (Å²) in [5.74, 6) is 0. The van der Waals surface area contributed by atoms with E-state index >= 15 is 0 Å². The van der Waals surface area contributed by atoms with Crippen molar-refractivity contribution in [2.75, 3.05) is 0 Å². The van der Waals surface area contributed by atoms with Crippen LogP contribution in [0.3, 0.4) is 0 Å². The first kappa shape index (κ1) is 9.98. The second-order valence-electron chi connectivity index (χ2n) is 3.24. The van der Waals surface area contributed by atoms with Gasteiger partial charge in [-0.3, -0.25) is 0 Å². The Kier molecular flexibility index (Phi) is 3.42. The van der Waals surface area contributed by atoms with Crippen LogP contribution in [0.4, 0.5) is 0 Å². The molecule has 0 saturated heterocycles. The molecule has 0 aliphatic heterocycles. The molecule has 1 saturated carbocycles. The summed E-state index contributed by atoms with van der Waals surface area (Å²) in [7, 11) is 0. The molecule has 14 heavy (non-hydrogen) atoms. The maximum Gasteiger partial charge on any atom is 0.150 e. The van der Waals surface area contributed by atoms with Gasteiger partial charge in [0.05, 0.1) is 11.0 Å². The maximum absolute atomic E-state index is 8.85. The number of hydrogen-bond acceptors (Lipinski definition) is 5. The van der Waals surface area contributed by atoms with E-state index in [1.807, 2.05) is 11.6 Å². The van der Waals surface area contributed by atoms with Gasteiger partial charge in [-0.15, -0.1) is 11.3 Å². The van der Waals surface area contributed by atoms with E-state index in [9.17, 15) is 0 Å². The van der Waals surface area contributed by atoms with Crippen molar-refractivity contribution in [1.29, 1.82) is 0 Å². The molecule has 1 heterocycles. The Morgan fingerprint density at radius 2 is 2.50 bits per heavy atom. The molecular formula is C9H12N2OS2. The van der Waals surface area contributed by atoms with E-state index < -0.39 is 0 Å². The van der Waals surface area contributed by atoms with Crippen LogP contribution in [0.2, 0.25) is 0 Å². The summed E-state index contributed by atoms with van der Waals surface area (Å²) in [6.07, 6.45) is 6.21. The molecule has 0 amide bonds. The number of thioether (sulfide) groups is 1. The molecule has 1 N–H and O–H groups in total. The first-order valence-electron chi connectivity index (χ1n) is 4.67. The minimum Gasteiger partial charge on any atom is -0.411 e. The fourth-order valence-electron chi connectivity index (χ4n) is 1.60. The SMILES string of the molecule is O/N=C1\CCCC[C@H]1Sc1nccs1. The van der Waals surface area contributed by atoms with Crippen LogP contribution >= 0.6 is 23.1 Å². The molecule has 1 aromatic heterocycles. The van der Waals surface area contributed by atoms with Gasteiger partial charge in [-0.1, -0.05) is 23.3 Å². The molecule has 1 fully saturated rings. The van der Waals surface area contributed by atoms with Crippen LogP contribution in [0, 0.1) is 0 Å². The standard InChI is InChI=1S/C9H12N2OS2/c12-11-7-3-1-2-4-8(7)14-9-10-5-6-13-9/h5-6,8,12H,1-4H2/b11-7+/t8-/m1/s1. The van der Waals surface area contributed by atoms with Crippen LogP contribution in [-0.2, 0) is 0 Å². The topological polar surface area (TPSA) is 45.5 Å². The van der Waals surface area contributed by atoms with Crippen LogP contribution < -0.4 is 0 Å². The van der Waals surface area contributed by atoms with Crippen molar-refractivity contribution < 1.29 is 5.21 Å². The second kappa shape index (κ2) is 4.79. The average Bonchev–Trinajstić information content (AvgIpc) is 2.71. The smallest absolute Gasteiger partial charge is 0.150 e. The zero-order chi connectivity index (χ0) is 9.80. The van der Waals surface area contributed by atoms with E-state index in [0.717, 1.165) is 29.3 Å². The molecule has 1 atom stereocenters. The Morgan fingerprint density at radius 1 is 1.57 bits per heavy atom. The van der Waals surface area contributed by atoms with Crippen LogP contribution in [0.15, 0.2) is 21.1 Å². The highest BCUT2D eigenvalue weighted by atomic mass is 32.2. The van der Waals surface area contributed by atoms with Gasteiger partial charge in [0.1, 0.15) is 4.34 Å². The van der Waals surface area contributed by atoms with E-state index in [2.05, 4.69) is 10.1 Å². The van der Waals surface area contributed by atoms with Gasteiger partial charge in [0.15, 0.2) is 0 Å². The van der Waals surface area contributed by atoms with Gasteiger partial charge in [0, 0.05) is 11.6 Å². The van der Waals surface area contributed by atoms with Crippen molar-refractivity contribution in [1.82, 2.24) is 4.98 Å². The molecule has 0 aromatic carbocycles. The van der Waals surface area contributed by atoms with Gasteiger partial charge < -0.3 is 5.21 Å². The van der Waals surface area contributed by atoms with Crippen molar-refractivity contribution in [2.24, 2.45) is 5.16 Å². The van der Waals surface area contributed by atoms with E-state index in [0.29, 0.717) is 5.25 Å². The summed E-state index contributed by atoms with van der Waals surface area (Å²) in [6.45, 7) is 0. The zero-order valence-corrected chi connectivity index (χ0v) is 9.35. The minimum atomic E-state index is 0.333. The molecule has 5 heteroatoms. The molecule has 76 valence electrons. The molecule has 0 radical (unpaired) electrons. The van der Waals surface area contributed by atoms with Crippen LogP contribution in [0.25, 0.3) is 0 Å². The van der Waals surface area contributed by atoms with Gasteiger partial charge >= 0.3 is 0 Å². The molecule has 0 bridgehead atoms. The third-order valence-electron chi connectivity index (χ3n) is 2.30. The Labute approximate surface area is 91.2 Å². The summed E-state index contributed by atoms with van der Waals surface area (Å²) < 4.78 is 1.07. The van der Waals surface area contributed by atoms with Crippen molar-refractivity contribution in [3.63, 3.8) is 0 Å². The molecule has 1 aromatic rings. The lowest BCUT2D eigenvalue weighted by Crippen LogP contribution is -2.21. The summed E-state index contributed by atoms with van der Waals surface area (Å²) in [5, 5.41) is 14.5. The Bertz CT molecular complexity index is 311. The van der Waals surface area contributed by atoms with Crippen molar-refractivity contribution in [3.8, 4) is 0 Å². The van der Waals surface area contributed by atoms with Gasteiger partial charge in [-0.05, 0) is 19.3 Å².